The fourth-order valence-corrected chi connectivity index (χ4v) is 6.64. The fourth-order valence-electron chi connectivity index (χ4n) is 3.16. The lowest BCUT2D eigenvalue weighted by Gasteiger charge is -2.21. The molecule has 1 N–H and O–H groups in total. The molecule has 1 saturated heterocycles. The van der Waals surface area contributed by atoms with Crippen LogP contribution in [0.3, 0.4) is 0 Å². The Morgan fingerprint density at radius 1 is 1.21 bits per heavy atom. The second-order valence-corrected chi connectivity index (χ2v) is 10.1. The number of alkyl halides is 2. The highest BCUT2D eigenvalue weighted by Gasteiger charge is 2.19. The fraction of sp³-hybridized carbons (Fsp3) is 0.300. The molecule has 0 aliphatic carbocycles. The Hall–Kier alpha value is -1.71. The molecule has 1 aromatic heterocycles. The van der Waals surface area contributed by atoms with Gasteiger partial charge in [-0.2, -0.15) is 8.78 Å². The average molecular weight is 452 g/mol. The summed E-state index contributed by atoms with van der Waals surface area (Å²) in [5.41, 5.74) is 3.15. The number of rotatable bonds is 6. The van der Waals surface area contributed by atoms with Crippen LogP contribution in [-0.2, 0) is 11.3 Å². The summed E-state index contributed by atoms with van der Waals surface area (Å²) in [7, 11) is 0. The van der Waals surface area contributed by atoms with E-state index < -0.39 is 5.76 Å². The van der Waals surface area contributed by atoms with Crippen molar-refractivity contribution < 1.29 is 13.6 Å². The first-order chi connectivity index (χ1) is 14.1. The van der Waals surface area contributed by atoms with Crippen molar-refractivity contribution in [3.05, 3.63) is 54.1 Å². The van der Waals surface area contributed by atoms with E-state index in [4.69, 9.17) is 0 Å². The molecule has 1 aliphatic rings. The van der Waals surface area contributed by atoms with E-state index in [1.54, 1.807) is 24.3 Å². The Labute approximate surface area is 180 Å². The lowest BCUT2D eigenvalue weighted by atomic mass is 10.2. The zero-order valence-electron chi connectivity index (χ0n) is 15.4. The summed E-state index contributed by atoms with van der Waals surface area (Å²) in [5, 5.41) is 3.04. The van der Waals surface area contributed by atoms with E-state index >= 15 is 0 Å². The largest absolute Gasteiger partial charge is 0.325 e. The van der Waals surface area contributed by atoms with Crippen LogP contribution in [0.2, 0.25) is 0 Å². The molecule has 1 fully saturated rings. The summed E-state index contributed by atoms with van der Waals surface area (Å²) in [5.74, 6) is -0.583. The Bertz CT molecular complexity index is 1010. The standard InChI is InChI=1S/C20H19F2N3OS3/c21-19(22)29-20-24-15-7-1-2-8-16(15)25(20)12-17(26)23-14-6-3-5-13(11-14)18-27-9-4-10-28-18/h1-3,5-8,11,18-19H,4,9-10,12H2,(H,23,26). The summed E-state index contributed by atoms with van der Waals surface area (Å²) < 4.78 is 27.8. The number of carbonyl (C=O) groups excluding carboxylic acids is 1. The van der Waals surface area contributed by atoms with Crippen LogP contribution < -0.4 is 5.32 Å². The lowest BCUT2D eigenvalue weighted by molar-refractivity contribution is -0.116. The highest BCUT2D eigenvalue weighted by Crippen LogP contribution is 2.44. The summed E-state index contributed by atoms with van der Waals surface area (Å²) in [6.45, 7) is -0.0767. The summed E-state index contributed by atoms with van der Waals surface area (Å²) in [4.78, 5) is 16.9. The molecule has 9 heteroatoms. The number of imidazole rings is 1. The molecule has 0 saturated carbocycles. The van der Waals surface area contributed by atoms with Gasteiger partial charge >= 0.3 is 0 Å². The monoisotopic (exact) mass is 451 g/mol. The number of para-hydroxylation sites is 2. The molecule has 152 valence electrons. The normalized spacial score (nSPS) is 15.1. The number of benzene rings is 2. The van der Waals surface area contributed by atoms with Crippen LogP contribution in [0.15, 0.2) is 53.7 Å². The van der Waals surface area contributed by atoms with Crippen molar-refractivity contribution in [2.45, 2.75) is 28.5 Å². The van der Waals surface area contributed by atoms with Crippen molar-refractivity contribution >= 4 is 57.9 Å². The molecule has 2 heterocycles. The smallest absolute Gasteiger partial charge is 0.291 e. The highest BCUT2D eigenvalue weighted by molar-refractivity contribution is 8.16. The molecule has 3 aromatic rings. The van der Waals surface area contributed by atoms with Crippen LogP contribution in [-0.4, -0.2) is 32.7 Å². The molecule has 2 aromatic carbocycles. The summed E-state index contributed by atoms with van der Waals surface area (Å²) >= 11 is 4.19. The van der Waals surface area contributed by atoms with Crippen molar-refractivity contribution in [2.75, 3.05) is 16.8 Å². The van der Waals surface area contributed by atoms with Gasteiger partial charge < -0.3 is 9.88 Å². The Morgan fingerprint density at radius 3 is 2.79 bits per heavy atom. The average Bonchev–Trinajstić information content (AvgIpc) is 3.05. The second kappa shape index (κ2) is 9.40. The van der Waals surface area contributed by atoms with E-state index in [1.807, 2.05) is 41.7 Å². The number of thioether (sulfide) groups is 3. The minimum atomic E-state index is -2.60. The Balaban J connectivity index is 1.51. The van der Waals surface area contributed by atoms with E-state index in [2.05, 4.69) is 16.4 Å². The van der Waals surface area contributed by atoms with E-state index in [1.165, 1.54) is 16.6 Å². The molecule has 4 nitrogen and oxygen atoms in total. The van der Waals surface area contributed by atoms with Gasteiger partial charge in [-0.05, 0) is 59.5 Å². The zero-order valence-corrected chi connectivity index (χ0v) is 17.8. The topological polar surface area (TPSA) is 46.9 Å². The minimum Gasteiger partial charge on any atom is -0.325 e. The number of hydrogen-bond acceptors (Lipinski definition) is 5. The van der Waals surface area contributed by atoms with Gasteiger partial charge in [-0.3, -0.25) is 4.79 Å². The molecule has 1 aliphatic heterocycles. The van der Waals surface area contributed by atoms with Crippen LogP contribution >= 0.6 is 35.3 Å². The SMILES string of the molecule is O=C(Cn1c(SC(F)F)nc2ccccc21)Nc1cccc(C2SCCCS2)c1. The van der Waals surface area contributed by atoms with Crippen molar-refractivity contribution in [3.63, 3.8) is 0 Å². The molecule has 29 heavy (non-hydrogen) atoms. The predicted octanol–water partition coefficient (Wildman–Crippen LogP) is 5.86. The maximum Gasteiger partial charge on any atom is 0.291 e. The first kappa shape index (κ1) is 20.6. The number of halogens is 2. The van der Waals surface area contributed by atoms with Crippen LogP contribution in [0.1, 0.15) is 16.6 Å². The summed E-state index contributed by atoms with van der Waals surface area (Å²) in [6, 6.07) is 15.0. The van der Waals surface area contributed by atoms with Crippen LogP contribution in [0, 0.1) is 0 Å². The number of amides is 1. The van der Waals surface area contributed by atoms with Gasteiger partial charge in [0.1, 0.15) is 6.54 Å². The van der Waals surface area contributed by atoms with Gasteiger partial charge in [-0.1, -0.05) is 24.3 Å². The van der Waals surface area contributed by atoms with Gasteiger partial charge in [0.2, 0.25) is 5.91 Å². The zero-order chi connectivity index (χ0) is 20.2. The minimum absolute atomic E-state index is 0.0767. The maximum absolute atomic E-state index is 12.9. The number of aromatic nitrogens is 2. The van der Waals surface area contributed by atoms with Crippen LogP contribution in [0.4, 0.5) is 14.5 Å². The third kappa shape index (κ3) is 5.07. The van der Waals surface area contributed by atoms with Crippen molar-refractivity contribution in [3.8, 4) is 0 Å². The van der Waals surface area contributed by atoms with Crippen molar-refractivity contribution in [2.24, 2.45) is 0 Å². The molecular weight excluding hydrogens is 432 g/mol. The summed E-state index contributed by atoms with van der Waals surface area (Å²) in [6.07, 6.45) is 1.22. The van der Waals surface area contributed by atoms with E-state index in [9.17, 15) is 13.6 Å². The Kier molecular flexibility index (Phi) is 6.67. The maximum atomic E-state index is 12.9. The molecule has 0 unspecified atom stereocenters. The molecule has 1 amide bonds. The predicted molar refractivity (Wildman–Crippen MR) is 119 cm³/mol. The molecule has 0 atom stereocenters. The number of anilines is 1. The molecule has 0 radical (unpaired) electrons. The molecular formula is C20H19F2N3OS3. The van der Waals surface area contributed by atoms with Crippen molar-refractivity contribution in [1.82, 2.24) is 9.55 Å². The van der Waals surface area contributed by atoms with Gasteiger partial charge in [0.05, 0.1) is 15.6 Å². The third-order valence-corrected chi connectivity index (χ3v) is 8.10. The van der Waals surface area contributed by atoms with Gasteiger partial charge in [-0.15, -0.1) is 23.5 Å². The molecule has 0 bridgehead atoms. The molecule has 0 spiro atoms. The first-order valence-corrected chi connectivity index (χ1v) is 12.1. The number of fused-ring (bicyclic) bond motifs is 1. The van der Waals surface area contributed by atoms with Crippen LogP contribution in [0.25, 0.3) is 11.0 Å². The quantitative estimate of drug-likeness (QED) is 0.476. The first-order valence-electron chi connectivity index (χ1n) is 9.13. The lowest BCUT2D eigenvalue weighted by Crippen LogP contribution is -2.19. The highest BCUT2D eigenvalue weighted by atomic mass is 32.2. The number of nitrogens with one attached hydrogen (secondary N) is 1. The van der Waals surface area contributed by atoms with E-state index in [-0.39, 0.29) is 17.6 Å². The van der Waals surface area contributed by atoms with Gasteiger partial charge in [0.25, 0.3) is 5.76 Å². The third-order valence-electron chi connectivity index (χ3n) is 4.39. The Morgan fingerprint density at radius 2 is 2.00 bits per heavy atom. The number of carbonyl (C=O) groups is 1. The van der Waals surface area contributed by atoms with Gasteiger partial charge in [-0.25, -0.2) is 4.98 Å². The second-order valence-electron chi connectivity index (χ2n) is 6.45. The van der Waals surface area contributed by atoms with E-state index in [0.29, 0.717) is 33.1 Å². The number of nitrogens with zero attached hydrogens (tertiary/aromatic N) is 2. The van der Waals surface area contributed by atoms with Gasteiger partial charge in [0, 0.05) is 5.69 Å². The van der Waals surface area contributed by atoms with Crippen molar-refractivity contribution in [1.29, 1.82) is 0 Å². The number of hydrogen-bond donors (Lipinski definition) is 1. The van der Waals surface area contributed by atoms with Gasteiger partial charge in [0.15, 0.2) is 5.16 Å². The van der Waals surface area contributed by atoms with Crippen LogP contribution in [0.5, 0.6) is 0 Å². The molecule has 4 rings (SSSR count). The van der Waals surface area contributed by atoms with E-state index in [0.717, 1.165) is 11.5 Å².